The lowest BCUT2D eigenvalue weighted by Crippen LogP contribution is -2.55. The molecule has 2 aromatic carbocycles. The van der Waals surface area contributed by atoms with E-state index in [9.17, 15) is 28.0 Å². The Balaban J connectivity index is 1.86. The largest absolute Gasteiger partial charge is 0.466 e. The van der Waals surface area contributed by atoms with Gasteiger partial charge in [-0.25, -0.2) is 9.59 Å². The van der Waals surface area contributed by atoms with Crippen molar-refractivity contribution in [3.05, 3.63) is 106 Å². The van der Waals surface area contributed by atoms with E-state index in [-0.39, 0.29) is 17.0 Å². The summed E-state index contributed by atoms with van der Waals surface area (Å²) in [6.45, 7) is 2.69. The van der Waals surface area contributed by atoms with Crippen molar-refractivity contribution >= 4 is 23.6 Å². The van der Waals surface area contributed by atoms with Crippen molar-refractivity contribution in [3.8, 4) is 6.07 Å². The normalized spacial score (nSPS) is 15.6. The molecule has 0 radical (unpaired) electrons. The fraction of sp³-hybridized carbons (Fsp3) is 0.281. The number of primary amides is 1. The van der Waals surface area contributed by atoms with Gasteiger partial charge in [0.2, 0.25) is 5.96 Å². The maximum Gasteiger partial charge on any atom is 0.416 e. The van der Waals surface area contributed by atoms with Gasteiger partial charge >= 0.3 is 18.2 Å². The zero-order valence-electron chi connectivity index (χ0n) is 25.2. The minimum absolute atomic E-state index is 0.0803. The van der Waals surface area contributed by atoms with Crippen LogP contribution in [0.1, 0.15) is 40.8 Å². The van der Waals surface area contributed by atoms with Crippen LogP contribution in [-0.4, -0.2) is 60.1 Å². The van der Waals surface area contributed by atoms with Crippen LogP contribution in [0.3, 0.4) is 0 Å². The first-order valence-corrected chi connectivity index (χ1v) is 13.9. The molecule has 0 unspecified atom stereocenters. The Morgan fingerprint density at radius 3 is 2.49 bits per heavy atom. The molecule has 13 heteroatoms. The average molecular weight is 621 g/mol. The van der Waals surface area contributed by atoms with E-state index in [1.165, 1.54) is 25.1 Å². The first-order chi connectivity index (χ1) is 21.2. The molecule has 0 saturated carbocycles. The average Bonchev–Trinajstić information content (AvgIpc) is 2.99. The molecule has 3 N–H and O–H groups in total. The number of nitrogens with two attached hydrogens (primary N) is 1. The maximum absolute atomic E-state index is 13.6. The predicted molar refractivity (Wildman–Crippen MR) is 160 cm³/mol. The van der Waals surface area contributed by atoms with Crippen molar-refractivity contribution < 1.29 is 32.0 Å². The first kappa shape index (κ1) is 32.7. The minimum atomic E-state index is -4.68. The number of hydrogen-bond donors (Lipinski definition) is 2. The number of pyridine rings is 1. The van der Waals surface area contributed by atoms with E-state index in [4.69, 9.17) is 15.9 Å². The van der Waals surface area contributed by atoms with Gasteiger partial charge in [-0.05, 0) is 54.4 Å². The number of hydrogen-bond acceptors (Lipinski definition) is 6. The maximum atomic E-state index is 13.6. The molecule has 0 saturated heterocycles. The van der Waals surface area contributed by atoms with Crippen molar-refractivity contribution in [2.75, 3.05) is 32.6 Å². The van der Waals surface area contributed by atoms with E-state index in [1.54, 1.807) is 24.5 Å². The molecule has 1 aliphatic rings. The molecule has 2 heterocycles. The third-order valence-electron chi connectivity index (χ3n) is 7.66. The number of halogens is 3. The smallest absolute Gasteiger partial charge is 0.416 e. The van der Waals surface area contributed by atoms with Crippen LogP contribution in [0.5, 0.6) is 0 Å². The highest BCUT2D eigenvalue weighted by Gasteiger charge is 2.44. The Bertz CT molecular complexity index is 1700. The second kappa shape index (κ2) is 12.8. The molecular weight excluding hydrogens is 587 g/mol. The van der Waals surface area contributed by atoms with Crippen molar-refractivity contribution in [2.45, 2.75) is 32.1 Å². The zero-order valence-corrected chi connectivity index (χ0v) is 25.2. The number of nitriles is 1. The van der Waals surface area contributed by atoms with Crippen LogP contribution in [0.2, 0.25) is 0 Å². The number of aromatic nitrogens is 1. The molecule has 1 aliphatic heterocycles. The Hall–Kier alpha value is -5.22. The summed E-state index contributed by atoms with van der Waals surface area (Å²) in [5, 5.41) is 18.7. The van der Waals surface area contributed by atoms with Gasteiger partial charge in [-0.1, -0.05) is 18.2 Å². The number of alkyl halides is 3. The van der Waals surface area contributed by atoms with E-state index in [2.05, 4.69) is 11.1 Å². The number of likely N-dealkylation sites (N-methyl/N-ethyl adjacent to an activating group) is 1. The lowest BCUT2D eigenvalue weighted by Gasteiger charge is -2.43. The van der Waals surface area contributed by atoms with Crippen LogP contribution in [0.15, 0.2) is 78.3 Å². The molecule has 1 aromatic heterocycles. The second-order valence-electron chi connectivity index (χ2n) is 11.3. The number of nitrogens with zero attached hydrogens (tertiary/aromatic N) is 5. The Morgan fingerprint density at radius 2 is 1.89 bits per heavy atom. The summed E-state index contributed by atoms with van der Waals surface area (Å²) in [4.78, 5) is 32.5. The van der Waals surface area contributed by atoms with Crippen LogP contribution in [-0.2, 0) is 28.7 Å². The highest BCUT2D eigenvalue weighted by molar-refractivity contribution is 6.10. The van der Waals surface area contributed by atoms with Gasteiger partial charge in [-0.15, -0.1) is 0 Å². The molecule has 0 aliphatic carbocycles. The molecule has 2 amide bonds. The Labute approximate surface area is 258 Å². The molecule has 0 bridgehead atoms. The number of rotatable bonds is 8. The number of esters is 1. The van der Waals surface area contributed by atoms with Gasteiger partial charge in [-0.3, -0.25) is 20.2 Å². The summed E-state index contributed by atoms with van der Waals surface area (Å²) >= 11 is 0. The Kier molecular flexibility index (Phi) is 9.29. The third kappa shape index (κ3) is 6.97. The van der Waals surface area contributed by atoms with E-state index in [1.807, 2.05) is 26.2 Å². The molecule has 4 rings (SSSR count). The predicted octanol–water partition coefficient (Wildman–Crippen LogP) is 5.11. The highest BCUT2D eigenvalue weighted by Crippen LogP contribution is 2.42. The summed E-state index contributed by atoms with van der Waals surface area (Å²) in [5.41, 5.74) is 7.12. The number of quaternary nitrogens is 1. The molecule has 0 spiro atoms. The van der Waals surface area contributed by atoms with Crippen molar-refractivity contribution in [2.24, 2.45) is 5.73 Å². The van der Waals surface area contributed by atoms with Crippen molar-refractivity contribution in [1.82, 2.24) is 9.88 Å². The third-order valence-corrected chi connectivity index (χ3v) is 7.66. The molecule has 3 aromatic rings. The van der Waals surface area contributed by atoms with E-state index >= 15 is 0 Å². The van der Waals surface area contributed by atoms with Crippen LogP contribution in [0.4, 0.5) is 23.7 Å². The van der Waals surface area contributed by atoms with E-state index < -0.39 is 35.7 Å². The second-order valence-corrected chi connectivity index (χ2v) is 11.3. The number of carbonyl (C=O) groups excluding carboxylic acids is 2. The van der Waals surface area contributed by atoms with Crippen molar-refractivity contribution in [3.63, 3.8) is 0 Å². The SMILES string of the molecule is COC(=O)C1=C(C)N(c2cccc(C(F)(F)F)c2)C(=N)N(C(N)=O)[C@@H]1c1ccc(C#N)cc1CC[N+](C)(C)Cc1cccnc1. The number of carbonyl (C=O) groups is 2. The van der Waals surface area contributed by atoms with Gasteiger partial charge in [0, 0.05) is 35.8 Å². The monoisotopic (exact) mass is 620 g/mol. The first-order valence-electron chi connectivity index (χ1n) is 13.9. The molecule has 0 fully saturated rings. The summed E-state index contributed by atoms with van der Waals surface area (Å²) < 4.78 is 46.4. The van der Waals surface area contributed by atoms with E-state index in [0.717, 1.165) is 34.6 Å². The highest BCUT2D eigenvalue weighted by atomic mass is 19.4. The number of urea groups is 1. The number of amides is 2. The molecule has 234 valence electrons. The van der Waals surface area contributed by atoms with E-state index in [0.29, 0.717) is 40.7 Å². The van der Waals surface area contributed by atoms with Gasteiger partial charge in [-0.2, -0.15) is 18.4 Å². The molecular formula is C32H33F3N7O3+. The number of nitrogens with one attached hydrogen (secondary N) is 1. The summed E-state index contributed by atoms with van der Waals surface area (Å²) in [6, 6.07) is 12.5. The number of ether oxygens (including phenoxy) is 1. The quantitative estimate of drug-likeness (QED) is 0.265. The van der Waals surface area contributed by atoms with Gasteiger partial charge in [0.15, 0.2) is 0 Å². The topological polar surface area (TPSA) is 136 Å². The van der Waals surface area contributed by atoms with Gasteiger partial charge in [0.05, 0.1) is 50.5 Å². The van der Waals surface area contributed by atoms with Crippen LogP contribution in [0, 0.1) is 16.7 Å². The fourth-order valence-electron chi connectivity index (χ4n) is 5.52. The fourth-order valence-corrected chi connectivity index (χ4v) is 5.52. The summed E-state index contributed by atoms with van der Waals surface area (Å²) in [5.74, 6) is -1.42. The number of benzene rings is 2. The number of methoxy groups -OCH3 is 1. The molecule has 45 heavy (non-hydrogen) atoms. The zero-order chi connectivity index (χ0) is 33.1. The minimum Gasteiger partial charge on any atom is -0.466 e. The lowest BCUT2D eigenvalue weighted by molar-refractivity contribution is -0.903. The van der Waals surface area contributed by atoms with Crippen LogP contribution >= 0.6 is 0 Å². The van der Waals surface area contributed by atoms with Crippen LogP contribution in [0.25, 0.3) is 0 Å². The lowest BCUT2D eigenvalue weighted by atomic mass is 9.87. The molecule has 10 nitrogen and oxygen atoms in total. The van der Waals surface area contributed by atoms with Gasteiger partial charge < -0.3 is 15.0 Å². The summed E-state index contributed by atoms with van der Waals surface area (Å²) in [7, 11) is 5.20. The van der Waals surface area contributed by atoms with Gasteiger partial charge in [0.25, 0.3) is 0 Å². The number of anilines is 1. The van der Waals surface area contributed by atoms with Crippen LogP contribution < -0.4 is 10.6 Å². The standard InChI is InChI=1S/C32H32F3N7O3/c1-20-27(29(43)45-4)28(41(31(38)44)30(37)40(20)25-9-5-8-24(16-25)32(33,34)35)26-11-10-21(17-36)15-23(26)12-14-42(2,3)19-22-7-6-13-39-18-22/h5-11,13,15-16,18,28,37H,12,14,19H2,1-4H3,(H-,38,44)/p+1/t28-/m1/s1. The van der Waals surface area contributed by atoms with Crippen molar-refractivity contribution in [1.29, 1.82) is 10.7 Å². The van der Waals surface area contributed by atoms with Gasteiger partial charge in [0.1, 0.15) is 12.6 Å². The molecule has 1 atom stereocenters. The Morgan fingerprint density at radius 1 is 1.16 bits per heavy atom. The number of allylic oxidation sites excluding steroid dienone is 1. The number of guanidine groups is 1. The summed E-state index contributed by atoms with van der Waals surface area (Å²) in [6.07, 6.45) is -0.798.